The average molecular weight is 351 g/mol. The first-order chi connectivity index (χ1) is 11.5. The van der Waals surface area contributed by atoms with E-state index in [0.29, 0.717) is 41.4 Å². The minimum absolute atomic E-state index is 0.173. The summed E-state index contributed by atoms with van der Waals surface area (Å²) in [5.74, 6) is 7.59. The molecule has 0 saturated carbocycles. The number of hydrogen-bond acceptors (Lipinski definition) is 7. The number of aryl methyl sites for hydroxylation is 1. The van der Waals surface area contributed by atoms with Gasteiger partial charge in [-0.05, 0) is 32.9 Å². The van der Waals surface area contributed by atoms with Crippen LogP contribution in [0, 0.1) is 6.92 Å². The number of hydrogen-bond donors (Lipinski definition) is 2. The van der Waals surface area contributed by atoms with Crippen LogP contribution < -0.4 is 20.6 Å². The third kappa shape index (κ3) is 4.54. The number of nitrogens with one attached hydrogen (secondary N) is 1. The number of nitrogens with zero attached hydrogens (tertiary/aromatic N) is 3. The highest BCUT2D eigenvalue weighted by atomic mass is 32.2. The summed E-state index contributed by atoms with van der Waals surface area (Å²) >= 11 is 1.22. The fraction of sp³-hybridized carbons (Fsp3) is 0.400. The molecule has 0 saturated heterocycles. The molecule has 0 atom stereocenters. The minimum Gasteiger partial charge on any atom is -0.490 e. The first-order valence-corrected chi connectivity index (χ1v) is 8.53. The van der Waals surface area contributed by atoms with Crippen molar-refractivity contribution in [1.82, 2.24) is 14.9 Å². The van der Waals surface area contributed by atoms with Gasteiger partial charge in [0.1, 0.15) is 5.82 Å². The van der Waals surface area contributed by atoms with E-state index in [1.807, 2.05) is 13.8 Å². The molecule has 1 aromatic heterocycles. The molecule has 0 aliphatic rings. The van der Waals surface area contributed by atoms with E-state index in [-0.39, 0.29) is 11.7 Å². The van der Waals surface area contributed by atoms with Crippen molar-refractivity contribution in [3.63, 3.8) is 0 Å². The van der Waals surface area contributed by atoms with Gasteiger partial charge in [-0.2, -0.15) is 0 Å². The Kier molecular flexibility index (Phi) is 6.30. The quantitative estimate of drug-likeness (QED) is 0.552. The summed E-state index contributed by atoms with van der Waals surface area (Å²) in [6.07, 6.45) is 0. The molecule has 0 bridgehead atoms. The van der Waals surface area contributed by atoms with Crippen molar-refractivity contribution in [1.29, 1.82) is 0 Å². The van der Waals surface area contributed by atoms with Gasteiger partial charge in [-0.1, -0.05) is 11.8 Å². The standard InChI is InChI=1S/C15H21N5O3S/c1-4-22-12-7-6-11(8-13(12)23-5-2)17-14(21)9-24-15-19-18-10(3)20(15)16/h6-8H,4-5,9,16H2,1-3H3,(H,17,21). The third-order valence-electron chi connectivity index (χ3n) is 2.99. The van der Waals surface area contributed by atoms with E-state index in [2.05, 4.69) is 15.5 Å². The number of aromatic nitrogens is 3. The molecule has 0 unspecified atom stereocenters. The maximum Gasteiger partial charge on any atom is 0.234 e. The van der Waals surface area contributed by atoms with Gasteiger partial charge in [0, 0.05) is 11.8 Å². The lowest BCUT2D eigenvalue weighted by Gasteiger charge is -2.13. The Labute approximate surface area is 144 Å². The molecular weight excluding hydrogens is 330 g/mol. The molecule has 1 heterocycles. The Morgan fingerprint density at radius 3 is 2.58 bits per heavy atom. The van der Waals surface area contributed by atoms with Gasteiger partial charge in [0.2, 0.25) is 11.1 Å². The second-order valence-corrected chi connectivity index (χ2v) is 5.71. The molecule has 24 heavy (non-hydrogen) atoms. The molecule has 3 N–H and O–H groups in total. The van der Waals surface area contributed by atoms with Gasteiger partial charge in [0.05, 0.1) is 19.0 Å². The van der Waals surface area contributed by atoms with Crippen LogP contribution >= 0.6 is 11.8 Å². The second-order valence-electron chi connectivity index (χ2n) is 4.76. The van der Waals surface area contributed by atoms with Crippen molar-refractivity contribution in [3.8, 4) is 11.5 Å². The van der Waals surface area contributed by atoms with Crippen molar-refractivity contribution in [2.24, 2.45) is 0 Å². The Hall–Kier alpha value is -2.42. The normalized spacial score (nSPS) is 10.5. The summed E-state index contributed by atoms with van der Waals surface area (Å²) < 4.78 is 12.4. The van der Waals surface area contributed by atoms with Gasteiger partial charge in [-0.25, -0.2) is 4.68 Å². The van der Waals surface area contributed by atoms with Crippen molar-refractivity contribution < 1.29 is 14.3 Å². The predicted octanol–water partition coefficient (Wildman–Crippen LogP) is 1.83. The van der Waals surface area contributed by atoms with Crippen LogP contribution in [0.2, 0.25) is 0 Å². The number of nitrogen functional groups attached to an aromatic ring is 1. The van der Waals surface area contributed by atoms with Crippen LogP contribution in [0.3, 0.4) is 0 Å². The molecular formula is C15H21N5O3S. The molecule has 2 rings (SSSR count). The van der Waals surface area contributed by atoms with Crippen molar-refractivity contribution in [2.75, 3.05) is 30.1 Å². The van der Waals surface area contributed by atoms with E-state index >= 15 is 0 Å². The molecule has 0 aliphatic carbocycles. The molecule has 1 amide bonds. The Morgan fingerprint density at radius 2 is 1.96 bits per heavy atom. The lowest BCUT2D eigenvalue weighted by Crippen LogP contribution is -2.16. The fourth-order valence-electron chi connectivity index (χ4n) is 1.90. The molecule has 1 aromatic carbocycles. The number of amides is 1. The number of anilines is 1. The highest BCUT2D eigenvalue weighted by Gasteiger charge is 2.11. The zero-order valence-electron chi connectivity index (χ0n) is 13.9. The molecule has 130 valence electrons. The highest BCUT2D eigenvalue weighted by Crippen LogP contribution is 2.30. The third-order valence-corrected chi connectivity index (χ3v) is 3.94. The number of carbonyl (C=O) groups is 1. The monoisotopic (exact) mass is 351 g/mol. The Balaban J connectivity index is 1.98. The van der Waals surface area contributed by atoms with Crippen LogP contribution in [0.4, 0.5) is 5.69 Å². The minimum atomic E-state index is -0.174. The average Bonchev–Trinajstić information content (AvgIpc) is 2.87. The lowest BCUT2D eigenvalue weighted by atomic mass is 10.2. The number of ether oxygens (including phenoxy) is 2. The van der Waals surface area contributed by atoms with Gasteiger partial charge < -0.3 is 20.6 Å². The fourth-order valence-corrected chi connectivity index (χ4v) is 2.61. The largest absolute Gasteiger partial charge is 0.490 e. The van der Waals surface area contributed by atoms with Gasteiger partial charge in [-0.3, -0.25) is 4.79 Å². The van der Waals surface area contributed by atoms with Gasteiger partial charge in [0.15, 0.2) is 11.5 Å². The summed E-state index contributed by atoms with van der Waals surface area (Å²) in [6, 6.07) is 5.29. The van der Waals surface area contributed by atoms with Crippen LogP contribution in [0.1, 0.15) is 19.7 Å². The summed E-state index contributed by atoms with van der Waals surface area (Å²) in [6.45, 7) is 6.59. The van der Waals surface area contributed by atoms with E-state index in [0.717, 1.165) is 0 Å². The van der Waals surface area contributed by atoms with E-state index in [1.165, 1.54) is 16.4 Å². The molecule has 9 heteroatoms. The van der Waals surface area contributed by atoms with Crippen molar-refractivity contribution in [3.05, 3.63) is 24.0 Å². The summed E-state index contributed by atoms with van der Waals surface area (Å²) in [5.41, 5.74) is 0.637. The first kappa shape index (κ1) is 17.9. The number of nitrogens with two attached hydrogens (primary N) is 1. The summed E-state index contributed by atoms with van der Waals surface area (Å²) in [7, 11) is 0. The number of benzene rings is 1. The topological polar surface area (TPSA) is 104 Å². The summed E-state index contributed by atoms with van der Waals surface area (Å²) in [5, 5.41) is 11.0. The zero-order valence-corrected chi connectivity index (χ0v) is 14.7. The SMILES string of the molecule is CCOc1ccc(NC(=O)CSc2nnc(C)n2N)cc1OCC. The van der Waals surface area contributed by atoms with Crippen LogP contribution in [-0.4, -0.2) is 39.7 Å². The predicted molar refractivity (Wildman–Crippen MR) is 93.0 cm³/mol. The smallest absolute Gasteiger partial charge is 0.234 e. The van der Waals surface area contributed by atoms with E-state index in [9.17, 15) is 4.79 Å². The highest BCUT2D eigenvalue weighted by molar-refractivity contribution is 7.99. The number of thioether (sulfide) groups is 1. The van der Waals surface area contributed by atoms with Crippen molar-refractivity contribution >= 4 is 23.4 Å². The van der Waals surface area contributed by atoms with E-state index < -0.39 is 0 Å². The van der Waals surface area contributed by atoms with E-state index in [1.54, 1.807) is 25.1 Å². The van der Waals surface area contributed by atoms with Crippen LogP contribution in [0.25, 0.3) is 0 Å². The lowest BCUT2D eigenvalue weighted by molar-refractivity contribution is -0.113. The zero-order chi connectivity index (χ0) is 17.5. The van der Waals surface area contributed by atoms with Gasteiger partial charge >= 0.3 is 0 Å². The molecule has 2 aromatic rings. The Bertz CT molecular complexity index is 704. The number of rotatable bonds is 8. The van der Waals surface area contributed by atoms with Crippen LogP contribution in [0.5, 0.6) is 11.5 Å². The van der Waals surface area contributed by atoms with Gasteiger partial charge in [-0.15, -0.1) is 10.2 Å². The molecule has 0 radical (unpaired) electrons. The molecule has 0 fully saturated rings. The first-order valence-electron chi connectivity index (χ1n) is 7.54. The maximum atomic E-state index is 12.1. The second kappa shape index (κ2) is 8.44. The Morgan fingerprint density at radius 1 is 1.25 bits per heavy atom. The maximum absolute atomic E-state index is 12.1. The van der Waals surface area contributed by atoms with E-state index in [4.69, 9.17) is 15.3 Å². The summed E-state index contributed by atoms with van der Waals surface area (Å²) in [4.78, 5) is 12.1. The van der Waals surface area contributed by atoms with Crippen LogP contribution in [-0.2, 0) is 4.79 Å². The molecule has 0 spiro atoms. The molecule has 0 aliphatic heterocycles. The number of carbonyl (C=O) groups excluding carboxylic acids is 1. The van der Waals surface area contributed by atoms with Crippen molar-refractivity contribution in [2.45, 2.75) is 25.9 Å². The van der Waals surface area contributed by atoms with Gasteiger partial charge in [0.25, 0.3) is 0 Å². The molecule has 8 nitrogen and oxygen atoms in total. The van der Waals surface area contributed by atoms with Crippen LogP contribution in [0.15, 0.2) is 23.4 Å².